The molecule has 2 aromatic carbocycles. The van der Waals surface area contributed by atoms with Crippen LogP contribution in [0.2, 0.25) is 0 Å². The van der Waals surface area contributed by atoms with Crippen LogP contribution in [0.3, 0.4) is 0 Å². The predicted octanol–water partition coefficient (Wildman–Crippen LogP) is 3.18. The fraction of sp³-hybridized carbons (Fsp3) is 0.294. The van der Waals surface area contributed by atoms with Crippen LogP contribution in [0.1, 0.15) is 22.7 Å². The van der Waals surface area contributed by atoms with E-state index in [1.807, 2.05) is 0 Å². The van der Waals surface area contributed by atoms with Gasteiger partial charge in [0.25, 0.3) is 0 Å². The number of fused-ring (bicyclic) bond motifs is 1. The molecule has 1 unspecified atom stereocenters. The predicted molar refractivity (Wildman–Crippen MR) is 80.0 cm³/mol. The smallest absolute Gasteiger partial charge is 0.125 e. The molecule has 0 aliphatic carbocycles. The van der Waals surface area contributed by atoms with Crippen LogP contribution in [-0.2, 0) is 12.8 Å². The van der Waals surface area contributed by atoms with Gasteiger partial charge in [-0.1, -0.05) is 30.3 Å². The lowest BCUT2D eigenvalue weighted by Gasteiger charge is -2.35. The molecule has 2 nitrogen and oxygen atoms in total. The van der Waals surface area contributed by atoms with Crippen molar-refractivity contribution in [3.8, 4) is 0 Å². The van der Waals surface area contributed by atoms with Crippen molar-refractivity contribution < 1.29 is 4.39 Å². The first-order chi connectivity index (χ1) is 9.65. The molecule has 0 saturated heterocycles. The molecule has 2 N–H and O–H groups in total. The highest BCUT2D eigenvalue weighted by Crippen LogP contribution is 2.32. The average Bonchev–Trinajstić information content (AvgIpc) is 2.44. The summed E-state index contributed by atoms with van der Waals surface area (Å²) < 4.78 is 13.2. The summed E-state index contributed by atoms with van der Waals surface area (Å²) in [5, 5.41) is 0. The molecule has 0 bridgehead atoms. The number of hydrogen-bond donors (Lipinski definition) is 1. The van der Waals surface area contributed by atoms with E-state index in [9.17, 15) is 4.39 Å². The Kier molecular flexibility index (Phi) is 3.45. The van der Waals surface area contributed by atoms with Crippen molar-refractivity contribution in [3.05, 3.63) is 65.0 Å². The van der Waals surface area contributed by atoms with Crippen LogP contribution in [0.4, 0.5) is 10.1 Å². The van der Waals surface area contributed by atoms with Gasteiger partial charge in [-0.3, -0.25) is 4.90 Å². The van der Waals surface area contributed by atoms with E-state index in [4.69, 9.17) is 5.73 Å². The van der Waals surface area contributed by atoms with Crippen molar-refractivity contribution in [2.45, 2.75) is 18.9 Å². The van der Waals surface area contributed by atoms with E-state index in [0.717, 1.165) is 24.9 Å². The molecule has 3 rings (SSSR count). The Morgan fingerprint density at radius 1 is 1.25 bits per heavy atom. The third-order valence-electron chi connectivity index (χ3n) is 4.20. The maximum atomic E-state index is 13.2. The van der Waals surface area contributed by atoms with Gasteiger partial charge in [0.05, 0.1) is 0 Å². The van der Waals surface area contributed by atoms with Gasteiger partial charge >= 0.3 is 0 Å². The van der Waals surface area contributed by atoms with E-state index >= 15 is 0 Å². The SMILES string of the molecule is CN1CCc2ccccc2C1Cc1ccc(F)cc1N. The van der Waals surface area contributed by atoms with Crippen LogP contribution >= 0.6 is 0 Å². The Morgan fingerprint density at radius 3 is 2.85 bits per heavy atom. The minimum Gasteiger partial charge on any atom is -0.398 e. The van der Waals surface area contributed by atoms with Crippen molar-refractivity contribution >= 4 is 5.69 Å². The van der Waals surface area contributed by atoms with E-state index < -0.39 is 0 Å². The van der Waals surface area contributed by atoms with E-state index in [2.05, 4.69) is 36.2 Å². The zero-order valence-electron chi connectivity index (χ0n) is 11.6. The monoisotopic (exact) mass is 270 g/mol. The molecule has 104 valence electrons. The number of nitrogen functional groups attached to an aromatic ring is 1. The van der Waals surface area contributed by atoms with Gasteiger partial charge in [0.2, 0.25) is 0 Å². The molecule has 0 amide bonds. The van der Waals surface area contributed by atoms with Crippen LogP contribution in [0, 0.1) is 5.82 Å². The number of hydrogen-bond acceptors (Lipinski definition) is 2. The number of rotatable bonds is 2. The molecule has 1 aliphatic heterocycles. The Balaban J connectivity index is 1.93. The van der Waals surface area contributed by atoms with Gasteiger partial charge in [0.15, 0.2) is 0 Å². The zero-order chi connectivity index (χ0) is 14.1. The number of halogens is 1. The van der Waals surface area contributed by atoms with Crippen LogP contribution in [-0.4, -0.2) is 18.5 Å². The molecule has 0 saturated carbocycles. The fourth-order valence-corrected chi connectivity index (χ4v) is 3.00. The van der Waals surface area contributed by atoms with Gasteiger partial charge in [-0.05, 0) is 48.7 Å². The van der Waals surface area contributed by atoms with Gasteiger partial charge < -0.3 is 5.73 Å². The lowest BCUT2D eigenvalue weighted by Crippen LogP contribution is -2.33. The van der Waals surface area contributed by atoms with Gasteiger partial charge in [-0.2, -0.15) is 0 Å². The van der Waals surface area contributed by atoms with Gasteiger partial charge in [0.1, 0.15) is 5.82 Å². The largest absolute Gasteiger partial charge is 0.398 e. The second-order valence-electron chi connectivity index (χ2n) is 5.49. The fourth-order valence-electron chi connectivity index (χ4n) is 3.00. The summed E-state index contributed by atoms with van der Waals surface area (Å²) in [4.78, 5) is 2.35. The quantitative estimate of drug-likeness (QED) is 0.849. The number of nitrogens with zero attached hydrogens (tertiary/aromatic N) is 1. The molecular weight excluding hydrogens is 251 g/mol. The third-order valence-corrected chi connectivity index (χ3v) is 4.20. The molecule has 1 heterocycles. The average molecular weight is 270 g/mol. The van der Waals surface area contributed by atoms with E-state index in [0.29, 0.717) is 11.7 Å². The van der Waals surface area contributed by atoms with E-state index in [-0.39, 0.29) is 5.82 Å². The highest BCUT2D eigenvalue weighted by Gasteiger charge is 2.25. The van der Waals surface area contributed by atoms with Crippen LogP contribution in [0.25, 0.3) is 0 Å². The topological polar surface area (TPSA) is 29.3 Å². The molecule has 0 spiro atoms. The Morgan fingerprint density at radius 2 is 2.05 bits per heavy atom. The van der Waals surface area contributed by atoms with Crippen LogP contribution in [0.5, 0.6) is 0 Å². The summed E-state index contributed by atoms with van der Waals surface area (Å²) in [6, 6.07) is 13.6. The van der Waals surface area contributed by atoms with Gasteiger partial charge in [0, 0.05) is 18.3 Å². The van der Waals surface area contributed by atoms with E-state index in [1.54, 1.807) is 6.07 Å². The van der Waals surface area contributed by atoms with Crippen LogP contribution in [0.15, 0.2) is 42.5 Å². The van der Waals surface area contributed by atoms with Gasteiger partial charge in [-0.25, -0.2) is 4.39 Å². The maximum absolute atomic E-state index is 13.2. The molecule has 3 heteroatoms. The lowest BCUT2D eigenvalue weighted by atomic mass is 9.89. The summed E-state index contributed by atoms with van der Waals surface area (Å²) in [7, 11) is 2.14. The Labute approximate surface area is 119 Å². The first-order valence-electron chi connectivity index (χ1n) is 6.97. The van der Waals surface area contributed by atoms with Crippen molar-refractivity contribution in [3.63, 3.8) is 0 Å². The summed E-state index contributed by atoms with van der Waals surface area (Å²) >= 11 is 0. The second-order valence-corrected chi connectivity index (χ2v) is 5.49. The molecule has 1 aliphatic rings. The standard InChI is InChI=1S/C17H19FN2/c1-20-9-8-12-4-2-3-5-15(12)17(20)10-13-6-7-14(18)11-16(13)19/h2-7,11,17H,8-10,19H2,1H3. The minimum absolute atomic E-state index is 0.274. The van der Waals surface area contributed by atoms with E-state index in [1.165, 1.54) is 23.3 Å². The maximum Gasteiger partial charge on any atom is 0.125 e. The van der Waals surface area contributed by atoms with Crippen molar-refractivity contribution in [1.82, 2.24) is 4.90 Å². The molecule has 1 atom stereocenters. The molecule has 0 aromatic heterocycles. The number of benzene rings is 2. The summed E-state index contributed by atoms with van der Waals surface area (Å²) in [6.07, 6.45) is 1.90. The summed E-state index contributed by atoms with van der Waals surface area (Å²) in [6.45, 7) is 1.04. The van der Waals surface area contributed by atoms with Gasteiger partial charge in [-0.15, -0.1) is 0 Å². The molecular formula is C17H19FN2. The molecule has 0 fully saturated rings. The molecule has 0 radical (unpaired) electrons. The van der Waals surface area contributed by atoms with Crippen molar-refractivity contribution in [2.24, 2.45) is 0 Å². The first kappa shape index (κ1) is 13.1. The Hall–Kier alpha value is -1.87. The van der Waals surface area contributed by atoms with Crippen LogP contribution < -0.4 is 5.73 Å². The van der Waals surface area contributed by atoms with Crippen molar-refractivity contribution in [2.75, 3.05) is 19.3 Å². The summed E-state index contributed by atoms with van der Waals surface area (Å²) in [5.74, 6) is -0.274. The Bertz CT molecular complexity index is 624. The number of nitrogens with two attached hydrogens (primary N) is 1. The second kappa shape index (κ2) is 5.25. The highest BCUT2D eigenvalue weighted by atomic mass is 19.1. The lowest BCUT2D eigenvalue weighted by molar-refractivity contribution is 0.229. The highest BCUT2D eigenvalue weighted by molar-refractivity contribution is 5.48. The molecule has 20 heavy (non-hydrogen) atoms. The normalized spacial score (nSPS) is 18.8. The number of anilines is 1. The third kappa shape index (κ3) is 2.41. The van der Waals surface area contributed by atoms with Crippen molar-refractivity contribution in [1.29, 1.82) is 0 Å². The summed E-state index contributed by atoms with van der Waals surface area (Å²) in [5.41, 5.74) is 10.3. The zero-order valence-corrected chi connectivity index (χ0v) is 11.6. The minimum atomic E-state index is -0.274. The molecule has 2 aromatic rings. The first-order valence-corrected chi connectivity index (χ1v) is 6.97. The number of likely N-dealkylation sites (N-methyl/N-ethyl adjacent to an activating group) is 1.